The van der Waals surface area contributed by atoms with E-state index in [4.69, 9.17) is 4.74 Å². The lowest BCUT2D eigenvalue weighted by Gasteiger charge is -2.35. The fourth-order valence-corrected chi connectivity index (χ4v) is 5.04. The largest absolute Gasteiger partial charge is 0.392 e. The monoisotopic (exact) mass is 421 g/mol. The second kappa shape index (κ2) is 8.69. The average molecular weight is 422 g/mol. The first-order valence-electron chi connectivity index (χ1n) is 10.1. The van der Waals surface area contributed by atoms with Crippen LogP contribution < -0.4 is 0 Å². The summed E-state index contributed by atoms with van der Waals surface area (Å²) in [6.07, 6.45) is 0.0627. The van der Waals surface area contributed by atoms with Gasteiger partial charge in [-0.1, -0.05) is 30.3 Å². The first-order valence-corrected chi connectivity index (χ1v) is 10.9. The van der Waals surface area contributed by atoms with E-state index >= 15 is 0 Å². The Morgan fingerprint density at radius 2 is 1.93 bits per heavy atom. The lowest BCUT2D eigenvalue weighted by Crippen LogP contribution is -2.37. The van der Waals surface area contributed by atoms with E-state index in [0.717, 1.165) is 22.4 Å². The van der Waals surface area contributed by atoms with Crippen LogP contribution in [0.15, 0.2) is 54.6 Å². The van der Waals surface area contributed by atoms with E-state index in [1.807, 2.05) is 13.0 Å². The molecule has 0 amide bonds. The number of aliphatic hydroxyl groups excluding tert-OH is 1. The topological polar surface area (TPSA) is 53.2 Å². The molecule has 0 radical (unpaired) electrons. The first-order chi connectivity index (χ1) is 14.4. The Balaban J connectivity index is 1.58. The van der Waals surface area contributed by atoms with Gasteiger partial charge in [0.2, 0.25) is 0 Å². The standard InChI is InChI=1S/C25H24FNO2S/c1-15-3-4-18(25-22(14-27)23(28)11-16(2)29-25)12-19(15)13-21-9-10-24(30-21)17-5-7-20(26)8-6-17/h3-10,12,16,22-23,25,28H,11,13H2,1-2H3/t16?,22-,23?,25?/m1/s1. The molecule has 3 aromatic rings. The predicted octanol–water partition coefficient (Wildman–Crippen LogP) is 5.80. The van der Waals surface area contributed by atoms with Crippen molar-refractivity contribution in [1.29, 1.82) is 5.26 Å². The Morgan fingerprint density at radius 3 is 2.67 bits per heavy atom. The first kappa shape index (κ1) is 20.7. The van der Waals surface area contributed by atoms with Crippen molar-refractivity contribution in [1.82, 2.24) is 0 Å². The van der Waals surface area contributed by atoms with Gasteiger partial charge in [0.05, 0.1) is 18.3 Å². The normalized spacial score (nSPS) is 23.8. The fourth-order valence-electron chi connectivity index (χ4n) is 4.01. The highest BCUT2D eigenvalue weighted by Gasteiger charge is 2.37. The van der Waals surface area contributed by atoms with Gasteiger partial charge in [-0.05, 0) is 60.4 Å². The van der Waals surface area contributed by atoms with Crippen molar-refractivity contribution in [3.63, 3.8) is 0 Å². The molecular weight excluding hydrogens is 397 g/mol. The van der Waals surface area contributed by atoms with Crippen LogP contribution in [-0.2, 0) is 11.2 Å². The molecule has 3 unspecified atom stereocenters. The summed E-state index contributed by atoms with van der Waals surface area (Å²) in [7, 11) is 0. The van der Waals surface area contributed by atoms with Crippen molar-refractivity contribution in [3.8, 4) is 16.5 Å². The minimum absolute atomic E-state index is 0.0880. The van der Waals surface area contributed by atoms with Crippen molar-refractivity contribution < 1.29 is 14.2 Å². The molecule has 1 aliphatic rings. The van der Waals surface area contributed by atoms with E-state index in [0.29, 0.717) is 6.42 Å². The van der Waals surface area contributed by atoms with Crippen LogP contribution in [0.25, 0.3) is 10.4 Å². The van der Waals surface area contributed by atoms with Gasteiger partial charge in [-0.2, -0.15) is 5.26 Å². The highest BCUT2D eigenvalue weighted by molar-refractivity contribution is 7.15. The van der Waals surface area contributed by atoms with Crippen molar-refractivity contribution in [3.05, 3.63) is 82.0 Å². The van der Waals surface area contributed by atoms with E-state index in [1.54, 1.807) is 23.5 Å². The molecule has 4 atom stereocenters. The Hall–Kier alpha value is -2.52. The molecule has 154 valence electrons. The van der Waals surface area contributed by atoms with Gasteiger partial charge in [0, 0.05) is 22.6 Å². The van der Waals surface area contributed by atoms with Crippen LogP contribution in [0.5, 0.6) is 0 Å². The van der Waals surface area contributed by atoms with E-state index in [-0.39, 0.29) is 11.9 Å². The van der Waals surface area contributed by atoms with Crippen molar-refractivity contribution in [2.75, 3.05) is 0 Å². The molecule has 1 fully saturated rings. The Morgan fingerprint density at radius 1 is 1.17 bits per heavy atom. The third kappa shape index (κ3) is 4.32. The van der Waals surface area contributed by atoms with Crippen LogP contribution in [0.1, 0.15) is 41.0 Å². The molecule has 2 heterocycles. The van der Waals surface area contributed by atoms with Gasteiger partial charge in [0.25, 0.3) is 0 Å². The number of aliphatic hydroxyl groups is 1. The molecule has 0 bridgehead atoms. The Labute approximate surface area is 180 Å². The van der Waals surface area contributed by atoms with Gasteiger partial charge >= 0.3 is 0 Å². The zero-order valence-electron chi connectivity index (χ0n) is 17.0. The summed E-state index contributed by atoms with van der Waals surface area (Å²) in [5.74, 6) is -0.799. The molecule has 0 saturated carbocycles. The molecule has 0 aliphatic carbocycles. The van der Waals surface area contributed by atoms with Gasteiger partial charge in [-0.25, -0.2) is 4.39 Å². The van der Waals surface area contributed by atoms with Crippen LogP contribution >= 0.6 is 11.3 Å². The van der Waals surface area contributed by atoms with Crippen molar-refractivity contribution in [2.24, 2.45) is 5.92 Å². The number of ether oxygens (including phenoxy) is 1. The van der Waals surface area contributed by atoms with E-state index in [1.165, 1.54) is 28.1 Å². The zero-order chi connectivity index (χ0) is 21.3. The Bertz CT molecular complexity index is 1070. The number of hydrogen-bond donors (Lipinski definition) is 1. The number of hydrogen-bond acceptors (Lipinski definition) is 4. The number of benzene rings is 2. The summed E-state index contributed by atoms with van der Waals surface area (Å²) in [5, 5.41) is 19.9. The van der Waals surface area contributed by atoms with Crippen LogP contribution in [0.3, 0.4) is 0 Å². The lowest BCUT2D eigenvalue weighted by molar-refractivity contribution is -0.115. The summed E-state index contributed by atoms with van der Waals surface area (Å²) < 4.78 is 19.2. The zero-order valence-corrected chi connectivity index (χ0v) is 17.8. The maximum atomic E-state index is 13.2. The number of nitrogens with zero attached hydrogens (tertiary/aromatic N) is 1. The van der Waals surface area contributed by atoms with Crippen molar-refractivity contribution in [2.45, 2.75) is 45.0 Å². The third-order valence-corrected chi connectivity index (χ3v) is 6.83. The maximum absolute atomic E-state index is 13.2. The van der Waals surface area contributed by atoms with E-state index < -0.39 is 18.1 Å². The van der Waals surface area contributed by atoms with E-state index in [2.05, 4.69) is 37.3 Å². The average Bonchev–Trinajstić information content (AvgIpc) is 3.18. The van der Waals surface area contributed by atoms with Gasteiger partial charge < -0.3 is 9.84 Å². The summed E-state index contributed by atoms with van der Waals surface area (Å²) >= 11 is 1.70. The number of halogens is 1. The van der Waals surface area contributed by atoms with Crippen LogP contribution in [0, 0.1) is 30.0 Å². The second-order valence-corrected chi connectivity index (χ2v) is 9.13. The number of nitriles is 1. The second-order valence-electron chi connectivity index (χ2n) is 7.96. The Kier molecular flexibility index (Phi) is 6.01. The third-order valence-electron chi connectivity index (χ3n) is 5.70. The molecule has 1 saturated heterocycles. The summed E-state index contributed by atoms with van der Waals surface area (Å²) in [6, 6.07) is 19.1. The smallest absolute Gasteiger partial charge is 0.123 e. The maximum Gasteiger partial charge on any atom is 0.123 e. The van der Waals surface area contributed by atoms with Crippen molar-refractivity contribution >= 4 is 11.3 Å². The molecule has 1 aromatic heterocycles. The number of rotatable bonds is 4. The summed E-state index contributed by atoms with van der Waals surface area (Å²) in [6.45, 7) is 4.01. The molecule has 2 aromatic carbocycles. The molecule has 4 rings (SSSR count). The lowest BCUT2D eigenvalue weighted by atomic mass is 9.85. The quantitative estimate of drug-likeness (QED) is 0.579. The van der Waals surface area contributed by atoms with E-state index in [9.17, 15) is 14.8 Å². The summed E-state index contributed by atoms with van der Waals surface area (Å²) in [4.78, 5) is 2.32. The molecule has 0 spiro atoms. The van der Waals surface area contributed by atoms with Gasteiger partial charge in [-0.3, -0.25) is 0 Å². The SMILES string of the molecule is Cc1ccc(C2OC(C)CC(O)[C@H]2C#N)cc1Cc1ccc(-c2ccc(F)cc2)s1. The molecule has 30 heavy (non-hydrogen) atoms. The number of aryl methyl sites for hydroxylation is 1. The predicted molar refractivity (Wildman–Crippen MR) is 117 cm³/mol. The minimum Gasteiger partial charge on any atom is -0.392 e. The molecule has 1 aliphatic heterocycles. The highest BCUT2D eigenvalue weighted by Crippen LogP contribution is 2.37. The van der Waals surface area contributed by atoms with Crippen LogP contribution in [0.4, 0.5) is 4.39 Å². The highest BCUT2D eigenvalue weighted by atomic mass is 32.1. The van der Waals surface area contributed by atoms with Gasteiger partial charge in [0.1, 0.15) is 17.8 Å². The molecule has 5 heteroatoms. The van der Waals surface area contributed by atoms with Gasteiger partial charge in [-0.15, -0.1) is 11.3 Å². The van der Waals surface area contributed by atoms with Crippen LogP contribution in [0.2, 0.25) is 0 Å². The fraction of sp³-hybridized carbons (Fsp3) is 0.320. The van der Waals surface area contributed by atoms with Gasteiger partial charge in [0.15, 0.2) is 0 Å². The molecule has 1 N–H and O–H groups in total. The van der Waals surface area contributed by atoms with Crippen LogP contribution in [-0.4, -0.2) is 17.3 Å². The number of thiophene rings is 1. The minimum atomic E-state index is -0.677. The summed E-state index contributed by atoms with van der Waals surface area (Å²) in [5.41, 5.74) is 4.29. The molecule has 3 nitrogen and oxygen atoms in total. The molecular formula is C25H24FNO2S.